The third-order valence-corrected chi connectivity index (χ3v) is 7.74. The summed E-state index contributed by atoms with van der Waals surface area (Å²) in [7, 11) is -3.12. The lowest BCUT2D eigenvalue weighted by Crippen LogP contribution is -2.48. The number of esters is 1. The lowest BCUT2D eigenvalue weighted by Gasteiger charge is -2.33. The minimum absolute atomic E-state index is 0.00389. The molecular formula is C22H29NO6S. The highest BCUT2D eigenvalue weighted by Gasteiger charge is 2.36. The first-order chi connectivity index (χ1) is 14.1. The topological polar surface area (TPSA) is 93.9 Å². The Bertz CT molecular complexity index is 1060. The fraction of sp³-hybridized carbons (Fsp3) is 0.545. The summed E-state index contributed by atoms with van der Waals surface area (Å²) >= 11 is 0. The number of nitrogens with zero attached hydrogens (tertiary/aromatic N) is 1. The van der Waals surface area contributed by atoms with Crippen molar-refractivity contribution in [1.82, 2.24) is 4.90 Å². The molecule has 1 aromatic carbocycles. The van der Waals surface area contributed by atoms with Crippen molar-refractivity contribution in [3.63, 3.8) is 0 Å². The van der Waals surface area contributed by atoms with Crippen LogP contribution in [0.3, 0.4) is 0 Å². The van der Waals surface area contributed by atoms with Gasteiger partial charge in [0.25, 0.3) is 5.91 Å². The van der Waals surface area contributed by atoms with Crippen molar-refractivity contribution in [2.24, 2.45) is 0 Å². The summed E-state index contributed by atoms with van der Waals surface area (Å²) in [6.45, 7) is 7.39. The van der Waals surface area contributed by atoms with Gasteiger partial charge < -0.3 is 14.1 Å². The van der Waals surface area contributed by atoms with E-state index >= 15 is 0 Å². The molecule has 0 radical (unpaired) electrons. The van der Waals surface area contributed by atoms with Gasteiger partial charge in [0, 0.05) is 23.0 Å². The molecule has 0 aliphatic carbocycles. The summed E-state index contributed by atoms with van der Waals surface area (Å²) in [5.74, 6) is -0.822. The van der Waals surface area contributed by atoms with Gasteiger partial charge >= 0.3 is 5.97 Å². The lowest BCUT2D eigenvalue weighted by molar-refractivity contribution is -0.153. The Morgan fingerprint density at radius 3 is 2.67 bits per heavy atom. The molecule has 7 nitrogen and oxygen atoms in total. The second-order valence-corrected chi connectivity index (χ2v) is 10.3. The lowest BCUT2D eigenvalue weighted by atomic mass is 10.0. The van der Waals surface area contributed by atoms with Gasteiger partial charge in [-0.05, 0) is 44.7 Å². The molecule has 0 spiro atoms. The highest BCUT2D eigenvalue weighted by Crippen LogP contribution is 2.27. The molecule has 8 heteroatoms. The number of ether oxygens (including phenoxy) is 1. The van der Waals surface area contributed by atoms with Gasteiger partial charge in [0.2, 0.25) is 0 Å². The number of amides is 1. The predicted octanol–water partition coefficient (Wildman–Crippen LogP) is 2.95. The number of fused-ring (bicyclic) bond motifs is 1. The van der Waals surface area contributed by atoms with Crippen LogP contribution in [0.4, 0.5) is 0 Å². The van der Waals surface area contributed by atoms with Crippen molar-refractivity contribution in [3.05, 3.63) is 35.1 Å². The Kier molecular flexibility index (Phi) is 6.55. The number of sulfone groups is 1. The number of aryl methyl sites for hydroxylation is 2. The van der Waals surface area contributed by atoms with E-state index in [2.05, 4.69) is 0 Å². The van der Waals surface area contributed by atoms with E-state index in [-0.39, 0.29) is 35.9 Å². The second-order valence-electron chi connectivity index (χ2n) is 8.10. The van der Waals surface area contributed by atoms with Gasteiger partial charge in [-0.25, -0.2) is 8.42 Å². The molecule has 2 aromatic rings. The van der Waals surface area contributed by atoms with Crippen molar-refractivity contribution in [3.8, 4) is 0 Å². The van der Waals surface area contributed by atoms with Crippen LogP contribution in [0.5, 0.6) is 0 Å². The van der Waals surface area contributed by atoms with E-state index in [0.717, 1.165) is 22.1 Å². The van der Waals surface area contributed by atoms with Crippen molar-refractivity contribution in [2.75, 3.05) is 18.1 Å². The molecular weight excluding hydrogens is 406 g/mol. The van der Waals surface area contributed by atoms with E-state index in [1.165, 1.54) is 0 Å². The zero-order valence-electron chi connectivity index (χ0n) is 17.9. The first-order valence-electron chi connectivity index (χ1n) is 10.3. The fourth-order valence-corrected chi connectivity index (χ4v) is 5.66. The number of benzene rings is 1. The van der Waals surface area contributed by atoms with E-state index in [1.807, 2.05) is 39.8 Å². The molecule has 0 N–H and O–H groups in total. The van der Waals surface area contributed by atoms with E-state index < -0.39 is 22.4 Å². The molecule has 1 aliphatic rings. The third kappa shape index (κ3) is 4.69. The molecule has 2 atom stereocenters. The highest BCUT2D eigenvalue weighted by molar-refractivity contribution is 7.91. The van der Waals surface area contributed by atoms with Gasteiger partial charge in [-0.2, -0.15) is 0 Å². The quantitative estimate of drug-likeness (QED) is 0.621. The summed E-state index contributed by atoms with van der Waals surface area (Å²) in [5.41, 5.74) is 3.60. The van der Waals surface area contributed by atoms with Crippen LogP contribution < -0.4 is 0 Å². The van der Waals surface area contributed by atoms with Crippen LogP contribution in [0.25, 0.3) is 11.0 Å². The Labute approximate surface area is 177 Å². The molecule has 30 heavy (non-hydrogen) atoms. The molecule has 1 aliphatic heterocycles. The molecule has 2 unspecified atom stereocenters. The summed E-state index contributed by atoms with van der Waals surface area (Å²) in [6.07, 6.45) is 2.67. The average molecular weight is 436 g/mol. The van der Waals surface area contributed by atoms with E-state index in [4.69, 9.17) is 9.15 Å². The highest BCUT2D eigenvalue weighted by atomic mass is 32.2. The van der Waals surface area contributed by atoms with E-state index in [0.29, 0.717) is 18.4 Å². The molecule has 1 fully saturated rings. The zero-order valence-corrected chi connectivity index (χ0v) is 18.8. The van der Waals surface area contributed by atoms with Gasteiger partial charge in [0.15, 0.2) is 16.4 Å². The maximum atomic E-state index is 12.8. The standard InChI is InChI=1S/C22H29NO6S/c1-5-15(3)23(18-8-9-30(26,27)13-18)20(24)12-28-21(25)10-17-11-29-22-16(4)14(2)6-7-19(17)22/h6-7,11,15,18H,5,8-10,12-13H2,1-4H3. The normalized spacial score (nSPS) is 19.0. The maximum absolute atomic E-state index is 12.8. The summed E-state index contributed by atoms with van der Waals surface area (Å²) in [6, 6.07) is 3.41. The van der Waals surface area contributed by atoms with Crippen molar-refractivity contribution < 1.29 is 27.2 Å². The van der Waals surface area contributed by atoms with E-state index in [1.54, 1.807) is 11.2 Å². The van der Waals surface area contributed by atoms with Crippen molar-refractivity contribution in [2.45, 2.75) is 59.0 Å². The van der Waals surface area contributed by atoms with Crippen LogP contribution in [0.15, 0.2) is 22.8 Å². The Balaban J connectivity index is 1.64. The third-order valence-electron chi connectivity index (χ3n) is 5.99. The van der Waals surface area contributed by atoms with Crippen LogP contribution in [-0.2, 0) is 30.6 Å². The molecule has 1 aromatic heterocycles. The Hall–Kier alpha value is -2.35. The number of hydrogen-bond acceptors (Lipinski definition) is 6. The molecule has 0 saturated carbocycles. The van der Waals surface area contributed by atoms with Gasteiger partial charge in [-0.1, -0.05) is 19.1 Å². The van der Waals surface area contributed by atoms with Gasteiger partial charge in [-0.3, -0.25) is 9.59 Å². The van der Waals surface area contributed by atoms with Crippen LogP contribution in [0.2, 0.25) is 0 Å². The summed E-state index contributed by atoms with van der Waals surface area (Å²) in [4.78, 5) is 26.7. The van der Waals surface area contributed by atoms with Crippen molar-refractivity contribution in [1.29, 1.82) is 0 Å². The molecule has 1 saturated heterocycles. The van der Waals surface area contributed by atoms with Crippen LogP contribution >= 0.6 is 0 Å². The molecule has 3 rings (SSSR count). The number of hydrogen-bond donors (Lipinski definition) is 0. The number of carbonyl (C=O) groups excluding carboxylic acids is 2. The Morgan fingerprint density at radius 2 is 2.03 bits per heavy atom. The number of furan rings is 1. The maximum Gasteiger partial charge on any atom is 0.310 e. The summed E-state index contributed by atoms with van der Waals surface area (Å²) < 4.78 is 34.5. The average Bonchev–Trinajstić information content (AvgIpc) is 3.26. The zero-order chi connectivity index (χ0) is 22.1. The van der Waals surface area contributed by atoms with Gasteiger partial charge in [0.1, 0.15) is 5.58 Å². The molecule has 1 amide bonds. The first-order valence-corrected chi connectivity index (χ1v) is 12.1. The van der Waals surface area contributed by atoms with Crippen LogP contribution in [0, 0.1) is 13.8 Å². The van der Waals surface area contributed by atoms with Gasteiger partial charge in [-0.15, -0.1) is 0 Å². The minimum atomic E-state index is -3.12. The molecule has 0 bridgehead atoms. The smallest absolute Gasteiger partial charge is 0.310 e. The molecule has 2 heterocycles. The Morgan fingerprint density at radius 1 is 1.30 bits per heavy atom. The minimum Gasteiger partial charge on any atom is -0.464 e. The SMILES string of the molecule is CCC(C)N(C(=O)COC(=O)Cc1coc2c(C)c(C)ccc12)C1CCS(=O)(=O)C1. The summed E-state index contributed by atoms with van der Waals surface area (Å²) in [5, 5.41) is 0.860. The second kappa shape index (κ2) is 8.79. The van der Waals surface area contributed by atoms with Crippen LogP contribution in [-0.4, -0.2) is 55.4 Å². The largest absolute Gasteiger partial charge is 0.464 e. The van der Waals surface area contributed by atoms with Crippen molar-refractivity contribution >= 4 is 32.7 Å². The van der Waals surface area contributed by atoms with Crippen LogP contribution in [0.1, 0.15) is 43.4 Å². The monoisotopic (exact) mass is 435 g/mol. The fourth-order valence-electron chi connectivity index (χ4n) is 3.95. The number of rotatable bonds is 7. The predicted molar refractivity (Wildman–Crippen MR) is 114 cm³/mol. The molecule has 164 valence electrons. The number of carbonyl (C=O) groups is 2. The van der Waals surface area contributed by atoms with Gasteiger partial charge in [0.05, 0.1) is 24.2 Å². The first kappa shape index (κ1) is 22.3. The van der Waals surface area contributed by atoms with E-state index in [9.17, 15) is 18.0 Å².